The van der Waals surface area contributed by atoms with Gasteiger partial charge in [-0.05, 0) is 25.1 Å². The standard InChI is InChI=1S/C16H12N6O2/c1-11-2-4-14(5-3-11)24-16(23)21-13-8-12(9-17)15(18-10-13)22-19-6-7-20-22/h2-8,10H,1H3,(H,21,23). The Morgan fingerprint density at radius 3 is 2.62 bits per heavy atom. The number of aromatic nitrogens is 4. The predicted molar refractivity (Wildman–Crippen MR) is 84.7 cm³/mol. The Labute approximate surface area is 137 Å². The third-order valence-electron chi connectivity index (χ3n) is 3.07. The monoisotopic (exact) mass is 320 g/mol. The molecule has 0 aliphatic heterocycles. The zero-order valence-corrected chi connectivity index (χ0v) is 12.7. The summed E-state index contributed by atoms with van der Waals surface area (Å²) < 4.78 is 5.16. The zero-order chi connectivity index (χ0) is 16.9. The van der Waals surface area contributed by atoms with E-state index in [9.17, 15) is 10.1 Å². The predicted octanol–water partition coefficient (Wildman–Crippen LogP) is 2.45. The average Bonchev–Trinajstić information content (AvgIpc) is 3.11. The molecule has 0 spiro atoms. The normalized spacial score (nSPS) is 10.0. The van der Waals surface area contributed by atoms with Crippen molar-refractivity contribution in [1.29, 1.82) is 5.26 Å². The summed E-state index contributed by atoms with van der Waals surface area (Å²) in [5.74, 6) is 0.698. The maximum Gasteiger partial charge on any atom is 0.417 e. The van der Waals surface area contributed by atoms with E-state index < -0.39 is 6.09 Å². The van der Waals surface area contributed by atoms with E-state index >= 15 is 0 Å². The van der Waals surface area contributed by atoms with Crippen LogP contribution >= 0.6 is 0 Å². The Bertz CT molecular complexity index is 897. The third-order valence-corrected chi connectivity index (χ3v) is 3.07. The molecule has 24 heavy (non-hydrogen) atoms. The fourth-order valence-electron chi connectivity index (χ4n) is 1.95. The van der Waals surface area contributed by atoms with Crippen LogP contribution in [0.5, 0.6) is 5.75 Å². The first-order valence-corrected chi connectivity index (χ1v) is 6.98. The molecule has 1 amide bonds. The maximum absolute atomic E-state index is 11.9. The highest BCUT2D eigenvalue weighted by Gasteiger charge is 2.11. The van der Waals surface area contributed by atoms with Gasteiger partial charge in [0.15, 0.2) is 5.82 Å². The van der Waals surface area contributed by atoms with Gasteiger partial charge < -0.3 is 4.74 Å². The minimum Gasteiger partial charge on any atom is -0.410 e. The molecule has 0 unspecified atom stereocenters. The highest BCUT2D eigenvalue weighted by molar-refractivity contribution is 5.86. The van der Waals surface area contributed by atoms with Crippen LogP contribution < -0.4 is 10.1 Å². The SMILES string of the molecule is Cc1ccc(OC(=O)Nc2cnc(-n3nccn3)c(C#N)c2)cc1. The van der Waals surface area contributed by atoms with Crippen LogP contribution in [0, 0.1) is 18.3 Å². The summed E-state index contributed by atoms with van der Waals surface area (Å²) in [6, 6.07) is 10.5. The van der Waals surface area contributed by atoms with Gasteiger partial charge in [-0.2, -0.15) is 15.5 Å². The Hall–Kier alpha value is -3.73. The van der Waals surface area contributed by atoms with Gasteiger partial charge in [0, 0.05) is 0 Å². The van der Waals surface area contributed by atoms with Crippen molar-refractivity contribution in [1.82, 2.24) is 20.0 Å². The molecule has 0 bridgehead atoms. The van der Waals surface area contributed by atoms with E-state index in [1.807, 2.05) is 25.1 Å². The van der Waals surface area contributed by atoms with Crippen molar-refractivity contribution in [3.8, 4) is 17.6 Å². The lowest BCUT2D eigenvalue weighted by molar-refractivity contribution is 0.215. The summed E-state index contributed by atoms with van der Waals surface area (Å²) in [5, 5.41) is 19.6. The zero-order valence-electron chi connectivity index (χ0n) is 12.7. The number of nitrogens with one attached hydrogen (secondary N) is 1. The quantitative estimate of drug-likeness (QED) is 0.794. The smallest absolute Gasteiger partial charge is 0.410 e. The van der Waals surface area contributed by atoms with Crippen molar-refractivity contribution in [2.75, 3.05) is 5.32 Å². The first-order chi connectivity index (χ1) is 11.7. The van der Waals surface area contributed by atoms with Gasteiger partial charge in [0.05, 0.1) is 24.3 Å². The summed E-state index contributed by atoms with van der Waals surface area (Å²) in [5.41, 5.74) is 1.62. The number of nitriles is 1. The number of rotatable bonds is 3. The molecule has 0 fully saturated rings. The fourth-order valence-corrected chi connectivity index (χ4v) is 1.95. The summed E-state index contributed by atoms with van der Waals surface area (Å²) >= 11 is 0. The van der Waals surface area contributed by atoms with Crippen molar-refractivity contribution in [2.45, 2.75) is 6.92 Å². The molecule has 0 aliphatic rings. The Morgan fingerprint density at radius 2 is 1.96 bits per heavy atom. The van der Waals surface area contributed by atoms with Crippen LogP contribution in [0.15, 0.2) is 48.9 Å². The van der Waals surface area contributed by atoms with Gasteiger partial charge in [0.25, 0.3) is 0 Å². The number of ether oxygens (including phenoxy) is 1. The molecule has 0 radical (unpaired) electrons. The van der Waals surface area contributed by atoms with Crippen molar-refractivity contribution in [2.24, 2.45) is 0 Å². The van der Waals surface area contributed by atoms with Crippen LogP contribution in [0.4, 0.5) is 10.5 Å². The highest BCUT2D eigenvalue weighted by Crippen LogP contribution is 2.16. The highest BCUT2D eigenvalue weighted by atomic mass is 16.6. The van der Waals surface area contributed by atoms with Crippen LogP contribution in [0.25, 0.3) is 5.82 Å². The molecule has 0 atom stereocenters. The van der Waals surface area contributed by atoms with Gasteiger partial charge in [0.1, 0.15) is 17.4 Å². The van der Waals surface area contributed by atoms with Gasteiger partial charge in [-0.15, -0.1) is 4.80 Å². The van der Waals surface area contributed by atoms with Gasteiger partial charge in [0.2, 0.25) is 0 Å². The molecule has 3 aromatic rings. The number of aryl methyl sites for hydroxylation is 1. The van der Waals surface area contributed by atoms with Crippen LogP contribution in [0.1, 0.15) is 11.1 Å². The van der Waals surface area contributed by atoms with Crippen LogP contribution in [0.2, 0.25) is 0 Å². The van der Waals surface area contributed by atoms with Gasteiger partial charge in [-0.1, -0.05) is 17.7 Å². The van der Waals surface area contributed by atoms with E-state index in [0.717, 1.165) is 5.56 Å². The first-order valence-electron chi connectivity index (χ1n) is 6.98. The van der Waals surface area contributed by atoms with Crippen LogP contribution in [0.3, 0.4) is 0 Å². The number of carbonyl (C=O) groups is 1. The number of nitrogens with zero attached hydrogens (tertiary/aromatic N) is 5. The Morgan fingerprint density at radius 1 is 1.25 bits per heavy atom. The lowest BCUT2D eigenvalue weighted by Gasteiger charge is -2.08. The molecule has 0 saturated heterocycles. The van der Waals surface area contributed by atoms with E-state index in [4.69, 9.17) is 4.74 Å². The summed E-state index contributed by atoms with van der Waals surface area (Å²) in [4.78, 5) is 17.2. The van der Waals surface area contributed by atoms with E-state index in [0.29, 0.717) is 11.4 Å². The average molecular weight is 320 g/mol. The lowest BCUT2D eigenvalue weighted by atomic mass is 10.2. The molecular formula is C16H12N6O2. The number of carbonyl (C=O) groups excluding carboxylic acids is 1. The molecule has 2 heterocycles. The molecular weight excluding hydrogens is 308 g/mol. The van der Waals surface area contributed by atoms with Crippen molar-refractivity contribution in [3.63, 3.8) is 0 Å². The molecule has 2 aromatic heterocycles. The minimum atomic E-state index is -0.672. The summed E-state index contributed by atoms with van der Waals surface area (Å²) in [7, 11) is 0. The number of pyridine rings is 1. The molecule has 3 rings (SSSR count). The number of hydrogen-bond donors (Lipinski definition) is 1. The van der Waals surface area contributed by atoms with E-state index in [1.54, 1.807) is 12.1 Å². The van der Waals surface area contributed by atoms with Crippen molar-refractivity contribution >= 4 is 11.8 Å². The number of hydrogen-bond acceptors (Lipinski definition) is 6. The molecule has 8 nitrogen and oxygen atoms in total. The minimum absolute atomic E-state index is 0.222. The van der Waals surface area contributed by atoms with E-state index in [2.05, 4.69) is 20.5 Å². The molecule has 0 saturated carbocycles. The fraction of sp³-hybridized carbons (Fsp3) is 0.0625. The number of benzene rings is 1. The van der Waals surface area contributed by atoms with Crippen LogP contribution in [-0.2, 0) is 0 Å². The van der Waals surface area contributed by atoms with Crippen molar-refractivity contribution in [3.05, 3.63) is 60.0 Å². The van der Waals surface area contributed by atoms with Gasteiger partial charge in [-0.25, -0.2) is 9.78 Å². The lowest BCUT2D eigenvalue weighted by Crippen LogP contribution is -2.17. The second-order valence-electron chi connectivity index (χ2n) is 4.85. The molecule has 8 heteroatoms. The second-order valence-corrected chi connectivity index (χ2v) is 4.85. The summed E-state index contributed by atoms with van der Waals surface area (Å²) in [6.07, 6.45) is 3.69. The second kappa shape index (κ2) is 6.58. The van der Waals surface area contributed by atoms with Crippen molar-refractivity contribution < 1.29 is 9.53 Å². The molecule has 1 aromatic carbocycles. The molecule has 118 valence electrons. The number of anilines is 1. The first kappa shape index (κ1) is 15.2. The Balaban J connectivity index is 1.74. The topological polar surface area (TPSA) is 106 Å². The molecule has 0 aliphatic carbocycles. The van der Waals surface area contributed by atoms with Gasteiger partial charge in [-0.3, -0.25) is 5.32 Å². The van der Waals surface area contributed by atoms with Crippen LogP contribution in [-0.4, -0.2) is 26.1 Å². The largest absolute Gasteiger partial charge is 0.417 e. The van der Waals surface area contributed by atoms with E-state index in [-0.39, 0.29) is 11.4 Å². The van der Waals surface area contributed by atoms with E-state index in [1.165, 1.54) is 29.5 Å². The Kier molecular flexibility index (Phi) is 4.16. The third kappa shape index (κ3) is 3.36. The van der Waals surface area contributed by atoms with Gasteiger partial charge >= 0.3 is 6.09 Å². The summed E-state index contributed by atoms with van der Waals surface area (Å²) in [6.45, 7) is 1.94. The maximum atomic E-state index is 11.9. The number of amides is 1. The molecule has 1 N–H and O–H groups in total.